The van der Waals surface area contributed by atoms with E-state index in [0.717, 1.165) is 19.4 Å². The summed E-state index contributed by atoms with van der Waals surface area (Å²) in [4.78, 5) is 17.3. The summed E-state index contributed by atoms with van der Waals surface area (Å²) in [7, 11) is 0. The molecule has 5 nitrogen and oxygen atoms in total. The fourth-order valence-corrected chi connectivity index (χ4v) is 4.41. The van der Waals surface area contributed by atoms with Gasteiger partial charge in [0.2, 0.25) is 0 Å². The minimum Gasteiger partial charge on any atom is -0.444 e. The largest absolute Gasteiger partial charge is 0.444 e. The molecule has 1 amide bonds. The van der Waals surface area contributed by atoms with E-state index < -0.39 is 17.7 Å². The van der Waals surface area contributed by atoms with Gasteiger partial charge in [0.25, 0.3) is 0 Å². The summed E-state index contributed by atoms with van der Waals surface area (Å²) >= 11 is 11.5. The molecule has 0 saturated carbocycles. The zero-order chi connectivity index (χ0) is 19.8. The Morgan fingerprint density at radius 1 is 1.33 bits per heavy atom. The molecule has 2 heterocycles. The maximum absolute atomic E-state index is 12.0. The fraction of sp³-hybridized carbons (Fsp3) is 0.263. The number of nitrogens with zero attached hydrogens (tertiary/aromatic N) is 1. The Morgan fingerprint density at radius 2 is 2.07 bits per heavy atom. The van der Waals surface area contributed by atoms with Gasteiger partial charge in [-0.15, -0.1) is 11.3 Å². The molecule has 1 atom stereocenters. The zero-order valence-corrected chi connectivity index (χ0v) is 18.2. The Labute approximate surface area is 175 Å². The zero-order valence-electron chi connectivity index (χ0n) is 15.0. The smallest absolute Gasteiger partial charge is 0.413 e. The van der Waals surface area contributed by atoms with Gasteiger partial charge in [-0.1, -0.05) is 23.7 Å². The Kier molecular flexibility index (Phi) is 5.76. The average Bonchev–Trinajstić information content (AvgIpc) is 3.00. The molecule has 3 rings (SSSR count). The van der Waals surface area contributed by atoms with E-state index in [-0.39, 0.29) is 0 Å². The molecule has 0 aliphatic rings. The molecule has 2 aromatic heterocycles. The van der Waals surface area contributed by atoms with E-state index in [1.165, 1.54) is 0 Å². The molecule has 0 spiro atoms. The summed E-state index contributed by atoms with van der Waals surface area (Å²) < 4.78 is 7.38. The summed E-state index contributed by atoms with van der Waals surface area (Å²) in [6.45, 7) is 5.38. The number of halogens is 2. The van der Waals surface area contributed by atoms with Crippen molar-refractivity contribution in [1.29, 1.82) is 0 Å². The number of rotatable bonds is 3. The summed E-state index contributed by atoms with van der Waals surface area (Å²) in [6.07, 6.45) is -0.581. The highest BCUT2D eigenvalue weighted by Crippen LogP contribution is 2.37. The third-order valence-corrected chi connectivity index (χ3v) is 6.13. The number of ether oxygens (including phenoxy) is 1. The van der Waals surface area contributed by atoms with E-state index in [1.54, 1.807) is 44.2 Å². The molecule has 3 N–H and O–H groups in total. The minimum atomic E-state index is -0.597. The van der Waals surface area contributed by atoms with Crippen LogP contribution < -0.4 is 11.1 Å². The highest BCUT2D eigenvalue weighted by Gasteiger charge is 2.20. The van der Waals surface area contributed by atoms with Crippen LogP contribution in [0.4, 0.5) is 10.6 Å². The van der Waals surface area contributed by atoms with Crippen molar-refractivity contribution in [1.82, 2.24) is 4.98 Å². The number of thiophene rings is 1. The van der Waals surface area contributed by atoms with Crippen LogP contribution in [0, 0.1) is 0 Å². The molecule has 0 aliphatic carbocycles. The van der Waals surface area contributed by atoms with Gasteiger partial charge in [0.05, 0.1) is 16.8 Å². The van der Waals surface area contributed by atoms with Crippen molar-refractivity contribution < 1.29 is 9.53 Å². The predicted octanol–water partition coefficient (Wildman–Crippen LogP) is 6.11. The number of hydrogen-bond acceptors (Lipinski definition) is 5. The maximum Gasteiger partial charge on any atom is 0.413 e. The van der Waals surface area contributed by atoms with Crippen molar-refractivity contribution >= 4 is 60.9 Å². The lowest BCUT2D eigenvalue weighted by Gasteiger charge is -2.20. The third-order valence-electron chi connectivity index (χ3n) is 3.62. The van der Waals surface area contributed by atoms with Crippen molar-refractivity contribution in [2.45, 2.75) is 32.4 Å². The highest BCUT2D eigenvalue weighted by molar-refractivity contribution is 9.10. The van der Waals surface area contributed by atoms with Crippen LogP contribution in [-0.4, -0.2) is 16.7 Å². The van der Waals surface area contributed by atoms with Crippen molar-refractivity contribution in [3.8, 4) is 0 Å². The van der Waals surface area contributed by atoms with E-state index >= 15 is 0 Å². The number of pyridine rings is 1. The number of amides is 1. The Morgan fingerprint density at radius 3 is 2.74 bits per heavy atom. The number of nitrogens with one attached hydrogen (secondary N) is 1. The van der Waals surface area contributed by atoms with Crippen molar-refractivity contribution in [2.24, 2.45) is 5.73 Å². The second-order valence-corrected chi connectivity index (χ2v) is 9.32. The van der Waals surface area contributed by atoms with Gasteiger partial charge in [-0.05, 0) is 66.4 Å². The quantitative estimate of drug-likeness (QED) is 0.486. The standard InChI is InChI=1S/C19H19BrClN3O2S/c1-19(2,3)26-18(25)24-14-8-7-12(21)16(23-14)15(22)13-9-10-5-4-6-11(20)17(10)27-13/h4-9,15H,22H2,1-3H3,(H,23,24,25). The molecular formula is C19H19BrClN3O2S. The lowest BCUT2D eigenvalue weighted by atomic mass is 10.1. The van der Waals surface area contributed by atoms with Crippen LogP contribution in [0.2, 0.25) is 5.02 Å². The summed E-state index contributed by atoms with van der Waals surface area (Å²) in [5.41, 5.74) is 6.33. The summed E-state index contributed by atoms with van der Waals surface area (Å²) in [6, 6.07) is 10.8. The third kappa shape index (κ3) is 4.79. The number of aromatic nitrogens is 1. The fourth-order valence-electron chi connectivity index (χ4n) is 2.49. The van der Waals surface area contributed by atoms with Gasteiger partial charge in [-0.3, -0.25) is 5.32 Å². The first-order chi connectivity index (χ1) is 12.6. The van der Waals surface area contributed by atoms with Crippen LogP contribution in [0.25, 0.3) is 10.1 Å². The monoisotopic (exact) mass is 467 g/mol. The lowest BCUT2D eigenvalue weighted by Crippen LogP contribution is -2.27. The van der Waals surface area contributed by atoms with Crippen LogP contribution in [0.3, 0.4) is 0 Å². The lowest BCUT2D eigenvalue weighted by molar-refractivity contribution is 0.0635. The molecule has 0 aliphatic heterocycles. The second-order valence-electron chi connectivity index (χ2n) is 6.98. The first kappa shape index (κ1) is 20.1. The molecular weight excluding hydrogens is 450 g/mol. The van der Waals surface area contributed by atoms with Gasteiger partial charge in [-0.2, -0.15) is 0 Å². The first-order valence-corrected chi connectivity index (χ1v) is 10.2. The predicted molar refractivity (Wildman–Crippen MR) is 115 cm³/mol. The normalized spacial score (nSPS) is 12.8. The van der Waals surface area contributed by atoms with E-state index in [1.807, 2.05) is 24.3 Å². The van der Waals surface area contributed by atoms with Crippen LogP contribution in [0.1, 0.15) is 37.4 Å². The number of anilines is 1. The number of fused-ring (bicyclic) bond motifs is 1. The SMILES string of the molecule is CC(C)(C)OC(=O)Nc1ccc(Cl)c(C(N)c2cc3cccc(Br)c3s2)n1. The van der Waals surface area contributed by atoms with Gasteiger partial charge in [-0.25, -0.2) is 9.78 Å². The number of nitrogens with two attached hydrogens (primary N) is 1. The second kappa shape index (κ2) is 7.75. The van der Waals surface area contributed by atoms with E-state index in [2.05, 4.69) is 26.2 Å². The summed E-state index contributed by atoms with van der Waals surface area (Å²) in [5.74, 6) is 0.335. The highest BCUT2D eigenvalue weighted by atomic mass is 79.9. The van der Waals surface area contributed by atoms with Crippen molar-refractivity contribution in [3.05, 3.63) is 56.5 Å². The Balaban J connectivity index is 1.88. The average molecular weight is 469 g/mol. The Hall–Kier alpha value is -1.67. The molecule has 142 valence electrons. The number of benzene rings is 1. The Bertz CT molecular complexity index is 1000. The van der Waals surface area contributed by atoms with Gasteiger partial charge >= 0.3 is 6.09 Å². The summed E-state index contributed by atoms with van der Waals surface area (Å²) in [5, 5.41) is 4.15. The van der Waals surface area contributed by atoms with E-state index in [0.29, 0.717) is 16.5 Å². The van der Waals surface area contributed by atoms with Crippen molar-refractivity contribution in [2.75, 3.05) is 5.32 Å². The van der Waals surface area contributed by atoms with Gasteiger partial charge in [0, 0.05) is 14.0 Å². The molecule has 8 heteroatoms. The maximum atomic E-state index is 12.0. The molecule has 3 aromatic rings. The van der Waals surface area contributed by atoms with Crippen LogP contribution in [-0.2, 0) is 4.74 Å². The molecule has 0 bridgehead atoms. The molecule has 0 saturated heterocycles. The van der Waals surface area contributed by atoms with Crippen LogP contribution in [0.5, 0.6) is 0 Å². The van der Waals surface area contributed by atoms with Crippen LogP contribution in [0.15, 0.2) is 40.9 Å². The first-order valence-electron chi connectivity index (χ1n) is 8.24. The van der Waals surface area contributed by atoms with Gasteiger partial charge in [0.15, 0.2) is 0 Å². The van der Waals surface area contributed by atoms with Crippen molar-refractivity contribution in [3.63, 3.8) is 0 Å². The number of carbonyl (C=O) groups excluding carboxylic acids is 1. The molecule has 27 heavy (non-hydrogen) atoms. The van der Waals surface area contributed by atoms with E-state index in [9.17, 15) is 4.79 Å². The topological polar surface area (TPSA) is 77.2 Å². The van der Waals surface area contributed by atoms with Crippen LogP contribution >= 0.6 is 38.9 Å². The van der Waals surface area contributed by atoms with E-state index in [4.69, 9.17) is 22.1 Å². The number of carbonyl (C=O) groups is 1. The molecule has 1 unspecified atom stereocenters. The number of hydrogen-bond donors (Lipinski definition) is 2. The molecule has 0 radical (unpaired) electrons. The minimum absolute atomic E-state index is 0.335. The van der Waals surface area contributed by atoms with Gasteiger partial charge in [0.1, 0.15) is 11.4 Å². The van der Waals surface area contributed by atoms with Gasteiger partial charge < -0.3 is 10.5 Å². The molecule has 0 fully saturated rings. The molecule has 1 aromatic carbocycles.